The number of anilines is 2. The number of para-hydroxylation sites is 2. The van der Waals surface area contributed by atoms with Crippen LogP contribution in [0.1, 0.15) is 18.1 Å². The largest absolute Gasteiger partial charge is 0.493 e. The van der Waals surface area contributed by atoms with Crippen molar-refractivity contribution in [3.8, 4) is 11.5 Å². The molecule has 0 aliphatic carbocycles. The predicted molar refractivity (Wildman–Crippen MR) is 154 cm³/mol. The number of methoxy groups -OCH3 is 1. The van der Waals surface area contributed by atoms with Gasteiger partial charge in [-0.3, -0.25) is 14.4 Å². The van der Waals surface area contributed by atoms with Crippen LogP contribution in [-0.4, -0.2) is 48.9 Å². The summed E-state index contributed by atoms with van der Waals surface area (Å²) in [5.74, 6) is -0.881. The molecule has 40 heavy (non-hydrogen) atoms. The molecule has 4 rings (SSSR count). The van der Waals surface area contributed by atoms with Gasteiger partial charge in [-0.15, -0.1) is 0 Å². The Kier molecular flexibility index (Phi) is 9.18. The lowest BCUT2D eigenvalue weighted by atomic mass is 10.1. The summed E-state index contributed by atoms with van der Waals surface area (Å²) in [4.78, 5) is 51.2. The summed E-state index contributed by atoms with van der Waals surface area (Å²) in [6.45, 7) is 1.27. The van der Waals surface area contributed by atoms with Gasteiger partial charge >= 0.3 is 6.03 Å². The molecule has 3 N–H and O–H groups in total. The topological polar surface area (TPSA) is 126 Å². The van der Waals surface area contributed by atoms with Crippen molar-refractivity contribution in [3.63, 3.8) is 0 Å². The molecule has 1 heterocycles. The fourth-order valence-corrected chi connectivity index (χ4v) is 4.39. The Labute approximate surface area is 239 Å². The number of halogens is 1. The standard InChI is InChI=1S/C29H27BrN4O6/c1-3-18-9-7-8-12-22(18)32-26(35)16-34-28(37)23(33-29(34)38)13-19-14-24(39-2)25(15-21(19)30)40-17-27(36)31-20-10-5-4-6-11-20/h4-15H,3,16-17H2,1-2H3,(H,31,36)(H,32,35)(H,33,38)/b23-13+. The average molecular weight is 607 g/mol. The Morgan fingerprint density at radius 1 is 0.975 bits per heavy atom. The third-order valence-electron chi connectivity index (χ3n) is 5.94. The second-order valence-corrected chi connectivity index (χ2v) is 9.52. The summed E-state index contributed by atoms with van der Waals surface area (Å²) in [5.41, 5.74) is 2.72. The maximum Gasteiger partial charge on any atom is 0.329 e. The fourth-order valence-electron chi connectivity index (χ4n) is 3.95. The number of benzene rings is 3. The number of carbonyl (C=O) groups is 4. The van der Waals surface area contributed by atoms with Gasteiger partial charge in [0.2, 0.25) is 5.91 Å². The maximum absolute atomic E-state index is 13.0. The highest BCUT2D eigenvalue weighted by molar-refractivity contribution is 9.10. The molecule has 0 atom stereocenters. The number of aryl methyl sites for hydroxylation is 1. The third-order valence-corrected chi connectivity index (χ3v) is 6.62. The first kappa shape index (κ1) is 28.4. The van der Waals surface area contributed by atoms with Gasteiger partial charge in [-0.05, 0) is 54.0 Å². The van der Waals surface area contributed by atoms with Gasteiger partial charge in [-0.25, -0.2) is 9.69 Å². The summed E-state index contributed by atoms with van der Waals surface area (Å²) in [6.07, 6.45) is 2.18. The lowest BCUT2D eigenvalue weighted by molar-refractivity contribution is -0.127. The van der Waals surface area contributed by atoms with Gasteiger partial charge in [0.05, 0.1) is 7.11 Å². The number of imide groups is 1. The van der Waals surface area contributed by atoms with Crippen LogP contribution >= 0.6 is 15.9 Å². The van der Waals surface area contributed by atoms with Crippen LogP contribution in [0.25, 0.3) is 6.08 Å². The van der Waals surface area contributed by atoms with E-state index >= 15 is 0 Å². The minimum Gasteiger partial charge on any atom is -0.493 e. The van der Waals surface area contributed by atoms with E-state index < -0.39 is 24.4 Å². The number of urea groups is 1. The van der Waals surface area contributed by atoms with E-state index in [1.54, 1.807) is 36.4 Å². The van der Waals surface area contributed by atoms with Crippen molar-refractivity contribution in [2.45, 2.75) is 13.3 Å². The number of carbonyl (C=O) groups excluding carboxylic acids is 4. The fraction of sp³-hybridized carbons (Fsp3) is 0.172. The molecule has 1 fully saturated rings. The molecule has 0 unspecified atom stereocenters. The van der Waals surface area contributed by atoms with E-state index in [2.05, 4.69) is 31.9 Å². The molecule has 0 saturated carbocycles. The van der Waals surface area contributed by atoms with Crippen LogP contribution in [0.3, 0.4) is 0 Å². The van der Waals surface area contributed by atoms with Gasteiger partial charge in [0.15, 0.2) is 18.1 Å². The molecule has 11 heteroatoms. The summed E-state index contributed by atoms with van der Waals surface area (Å²) >= 11 is 3.44. The predicted octanol–water partition coefficient (Wildman–Crippen LogP) is 4.57. The van der Waals surface area contributed by atoms with Crippen molar-refractivity contribution in [3.05, 3.63) is 88.0 Å². The van der Waals surface area contributed by atoms with E-state index in [4.69, 9.17) is 9.47 Å². The first-order valence-electron chi connectivity index (χ1n) is 12.4. The van der Waals surface area contributed by atoms with E-state index in [9.17, 15) is 19.2 Å². The molecule has 206 valence electrons. The first-order chi connectivity index (χ1) is 19.3. The molecule has 1 saturated heterocycles. The molecular formula is C29H27BrN4O6. The van der Waals surface area contributed by atoms with Gasteiger partial charge in [-0.2, -0.15) is 0 Å². The summed E-state index contributed by atoms with van der Waals surface area (Å²) < 4.78 is 11.6. The molecule has 1 aliphatic heterocycles. The molecule has 10 nitrogen and oxygen atoms in total. The minimum absolute atomic E-state index is 0.00887. The van der Waals surface area contributed by atoms with Crippen molar-refractivity contribution >= 4 is 57.1 Å². The lowest BCUT2D eigenvalue weighted by Gasteiger charge is -2.14. The average Bonchev–Trinajstić information content (AvgIpc) is 3.21. The van der Waals surface area contributed by atoms with E-state index in [-0.39, 0.29) is 18.2 Å². The second kappa shape index (κ2) is 12.9. The number of ether oxygens (including phenoxy) is 2. The molecule has 3 aromatic rings. The highest BCUT2D eigenvalue weighted by Gasteiger charge is 2.35. The van der Waals surface area contributed by atoms with Crippen molar-refractivity contribution in [2.24, 2.45) is 0 Å². The highest BCUT2D eigenvalue weighted by Crippen LogP contribution is 2.35. The third kappa shape index (κ3) is 6.86. The SMILES string of the molecule is CCc1ccccc1NC(=O)CN1C(=O)N/C(=C/c2cc(OC)c(OCC(=O)Nc3ccccc3)cc2Br)C1=O. The van der Waals surface area contributed by atoms with Gasteiger partial charge in [0.1, 0.15) is 12.2 Å². The quantitative estimate of drug-likeness (QED) is 0.229. The van der Waals surface area contributed by atoms with Crippen LogP contribution in [0.15, 0.2) is 76.9 Å². The van der Waals surface area contributed by atoms with Gasteiger partial charge in [0, 0.05) is 15.8 Å². The van der Waals surface area contributed by atoms with Gasteiger partial charge in [0.25, 0.3) is 11.8 Å². The Hall–Kier alpha value is -4.64. The van der Waals surface area contributed by atoms with Crippen molar-refractivity contribution in [2.75, 3.05) is 30.9 Å². The first-order valence-corrected chi connectivity index (χ1v) is 13.2. The number of hydrogen-bond donors (Lipinski definition) is 3. The number of hydrogen-bond acceptors (Lipinski definition) is 6. The normalized spacial score (nSPS) is 13.7. The summed E-state index contributed by atoms with van der Waals surface area (Å²) in [6, 6.07) is 18.8. The number of nitrogens with zero attached hydrogens (tertiary/aromatic N) is 1. The molecule has 0 radical (unpaired) electrons. The molecule has 0 aromatic heterocycles. The monoisotopic (exact) mass is 606 g/mol. The van der Waals surface area contributed by atoms with E-state index in [1.807, 2.05) is 37.3 Å². The zero-order chi connectivity index (χ0) is 28.6. The molecule has 0 bridgehead atoms. The van der Waals surface area contributed by atoms with Gasteiger partial charge < -0.3 is 25.4 Å². The van der Waals surface area contributed by atoms with Crippen molar-refractivity contribution < 1.29 is 28.7 Å². The molecule has 3 aromatic carbocycles. The molecular weight excluding hydrogens is 580 g/mol. The summed E-state index contributed by atoms with van der Waals surface area (Å²) in [5, 5.41) is 8.00. The van der Waals surface area contributed by atoms with Crippen LogP contribution < -0.4 is 25.4 Å². The molecule has 5 amide bonds. The molecule has 0 spiro atoms. The van der Waals surface area contributed by atoms with Crippen LogP contribution in [0.2, 0.25) is 0 Å². The van der Waals surface area contributed by atoms with E-state index in [0.717, 1.165) is 16.9 Å². The number of amides is 5. The van der Waals surface area contributed by atoms with Crippen LogP contribution in [-0.2, 0) is 20.8 Å². The zero-order valence-electron chi connectivity index (χ0n) is 21.8. The van der Waals surface area contributed by atoms with E-state index in [0.29, 0.717) is 32.9 Å². The Bertz CT molecular complexity index is 1470. The van der Waals surface area contributed by atoms with Crippen LogP contribution in [0, 0.1) is 0 Å². The minimum atomic E-state index is -0.706. The van der Waals surface area contributed by atoms with E-state index in [1.165, 1.54) is 13.2 Å². The van der Waals surface area contributed by atoms with Crippen molar-refractivity contribution in [1.82, 2.24) is 10.2 Å². The second-order valence-electron chi connectivity index (χ2n) is 8.67. The van der Waals surface area contributed by atoms with Crippen molar-refractivity contribution in [1.29, 1.82) is 0 Å². The number of nitrogens with one attached hydrogen (secondary N) is 3. The van der Waals surface area contributed by atoms with Crippen LogP contribution in [0.4, 0.5) is 16.2 Å². The van der Waals surface area contributed by atoms with Crippen LogP contribution in [0.5, 0.6) is 11.5 Å². The zero-order valence-corrected chi connectivity index (χ0v) is 23.4. The smallest absolute Gasteiger partial charge is 0.329 e. The Balaban J connectivity index is 1.43. The van der Waals surface area contributed by atoms with Gasteiger partial charge in [-0.1, -0.05) is 59.3 Å². The molecule has 1 aliphatic rings. The highest BCUT2D eigenvalue weighted by atomic mass is 79.9. The Morgan fingerprint density at radius 2 is 1.70 bits per heavy atom. The summed E-state index contributed by atoms with van der Waals surface area (Å²) in [7, 11) is 1.44. The lowest BCUT2D eigenvalue weighted by Crippen LogP contribution is -2.38. The maximum atomic E-state index is 13.0. The number of rotatable bonds is 10. The Morgan fingerprint density at radius 3 is 2.42 bits per heavy atom.